The molecule has 7 heteroatoms. The van der Waals surface area contributed by atoms with Crippen molar-refractivity contribution in [2.24, 2.45) is 4.99 Å². The van der Waals surface area contributed by atoms with Gasteiger partial charge in [-0.3, -0.25) is 9.79 Å². The van der Waals surface area contributed by atoms with E-state index in [-0.39, 0.29) is 5.91 Å². The van der Waals surface area contributed by atoms with Gasteiger partial charge in [0.15, 0.2) is 5.96 Å². The number of carbonyl (C=O) groups is 1. The number of carbonyl (C=O) groups excluding carboxylic acids is 1. The second-order valence-corrected chi connectivity index (χ2v) is 6.97. The first-order valence-electron chi connectivity index (χ1n) is 7.69. The highest BCUT2D eigenvalue weighted by molar-refractivity contribution is 9.10. The lowest BCUT2D eigenvalue weighted by Gasteiger charge is -2.12. The number of thiophene rings is 1. The zero-order valence-electron chi connectivity index (χ0n) is 13.5. The Balaban J connectivity index is 1.62. The maximum Gasteiger partial charge on any atom is 0.251 e. The standard InChI is InChI=1S/C17H21BrN4OS/c1-19-17(21-9-8-15-3-2-12-24-15)22-11-10-20-16(23)13-4-6-14(18)7-5-13/h2-7,12H,8-11H2,1H3,(H,20,23)(H2,19,21,22). The van der Waals surface area contributed by atoms with Gasteiger partial charge in [-0.1, -0.05) is 22.0 Å². The molecule has 2 rings (SSSR count). The number of hydrogen-bond acceptors (Lipinski definition) is 3. The Morgan fingerprint density at radius 3 is 2.46 bits per heavy atom. The summed E-state index contributed by atoms with van der Waals surface area (Å²) in [5.41, 5.74) is 0.650. The van der Waals surface area contributed by atoms with E-state index in [4.69, 9.17) is 0 Å². The van der Waals surface area contributed by atoms with Gasteiger partial charge < -0.3 is 16.0 Å². The largest absolute Gasteiger partial charge is 0.356 e. The van der Waals surface area contributed by atoms with Crippen molar-refractivity contribution in [3.8, 4) is 0 Å². The van der Waals surface area contributed by atoms with Gasteiger partial charge in [0, 0.05) is 41.6 Å². The molecule has 1 aromatic carbocycles. The van der Waals surface area contributed by atoms with E-state index in [2.05, 4.69) is 54.4 Å². The lowest BCUT2D eigenvalue weighted by atomic mass is 10.2. The molecule has 1 amide bonds. The van der Waals surface area contributed by atoms with Gasteiger partial charge in [-0.25, -0.2) is 0 Å². The number of rotatable bonds is 7. The quantitative estimate of drug-likeness (QED) is 0.374. The molecule has 128 valence electrons. The molecule has 5 nitrogen and oxygen atoms in total. The number of nitrogens with one attached hydrogen (secondary N) is 3. The SMILES string of the molecule is CN=C(NCCNC(=O)c1ccc(Br)cc1)NCCc1cccs1. The number of hydrogen-bond donors (Lipinski definition) is 3. The fourth-order valence-corrected chi connectivity index (χ4v) is 3.01. The molecule has 0 bridgehead atoms. The van der Waals surface area contributed by atoms with Gasteiger partial charge in [-0.05, 0) is 42.1 Å². The van der Waals surface area contributed by atoms with Gasteiger partial charge in [0.05, 0.1) is 0 Å². The van der Waals surface area contributed by atoms with E-state index in [0.29, 0.717) is 18.7 Å². The average molecular weight is 409 g/mol. The van der Waals surface area contributed by atoms with E-state index >= 15 is 0 Å². The molecule has 24 heavy (non-hydrogen) atoms. The summed E-state index contributed by atoms with van der Waals surface area (Å²) in [5.74, 6) is 0.661. The summed E-state index contributed by atoms with van der Waals surface area (Å²) in [4.78, 5) is 17.5. The van der Waals surface area contributed by atoms with Crippen LogP contribution in [-0.2, 0) is 6.42 Å². The van der Waals surface area contributed by atoms with Crippen LogP contribution in [0.4, 0.5) is 0 Å². The topological polar surface area (TPSA) is 65.5 Å². The number of amides is 1. The molecule has 2 aromatic rings. The first kappa shape index (κ1) is 18.5. The molecular weight excluding hydrogens is 388 g/mol. The summed E-state index contributed by atoms with van der Waals surface area (Å²) in [6.07, 6.45) is 0.971. The first-order valence-corrected chi connectivity index (χ1v) is 9.37. The Morgan fingerprint density at radius 2 is 1.79 bits per heavy atom. The van der Waals surface area contributed by atoms with Crippen LogP contribution in [0.2, 0.25) is 0 Å². The normalized spacial score (nSPS) is 11.2. The Morgan fingerprint density at radius 1 is 1.08 bits per heavy atom. The third kappa shape index (κ3) is 6.33. The number of nitrogens with zero attached hydrogens (tertiary/aromatic N) is 1. The van der Waals surface area contributed by atoms with Crippen molar-refractivity contribution in [3.05, 3.63) is 56.7 Å². The molecule has 0 aliphatic rings. The Hall–Kier alpha value is -1.86. The van der Waals surface area contributed by atoms with Crippen molar-refractivity contribution in [2.45, 2.75) is 6.42 Å². The second kappa shape index (κ2) is 10.1. The van der Waals surface area contributed by atoms with Crippen LogP contribution >= 0.6 is 27.3 Å². The van der Waals surface area contributed by atoms with Crippen molar-refractivity contribution >= 4 is 39.1 Å². The Labute approximate surface area is 154 Å². The summed E-state index contributed by atoms with van der Waals surface area (Å²) in [6.45, 7) is 1.97. The molecule has 0 spiro atoms. The van der Waals surface area contributed by atoms with Crippen molar-refractivity contribution in [3.63, 3.8) is 0 Å². The van der Waals surface area contributed by atoms with Gasteiger partial charge in [-0.2, -0.15) is 0 Å². The van der Waals surface area contributed by atoms with Gasteiger partial charge in [0.25, 0.3) is 5.91 Å². The van der Waals surface area contributed by atoms with Crippen molar-refractivity contribution in [2.75, 3.05) is 26.7 Å². The van der Waals surface area contributed by atoms with Crippen LogP contribution in [0.25, 0.3) is 0 Å². The number of halogens is 1. The van der Waals surface area contributed by atoms with Gasteiger partial charge in [0.2, 0.25) is 0 Å². The predicted molar refractivity (Wildman–Crippen MR) is 104 cm³/mol. The van der Waals surface area contributed by atoms with Gasteiger partial charge in [-0.15, -0.1) is 11.3 Å². The lowest BCUT2D eigenvalue weighted by Crippen LogP contribution is -2.42. The van der Waals surface area contributed by atoms with E-state index in [9.17, 15) is 4.79 Å². The monoisotopic (exact) mass is 408 g/mol. The highest BCUT2D eigenvalue weighted by atomic mass is 79.9. The summed E-state index contributed by atoms with van der Waals surface area (Å²) in [6, 6.07) is 11.5. The average Bonchev–Trinajstić information content (AvgIpc) is 3.10. The zero-order chi connectivity index (χ0) is 17.2. The molecular formula is C17H21BrN4OS. The Kier molecular flexibility index (Phi) is 7.77. The van der Waals surface area contributed by atoms with Crippen LogP contribution in [0, 0.1) is 0 Å². The molecule has 0 aliphatic heterocycles. The van der Waals surface area contributed by atoms with Crippen LogP contribution in [0.3, 0.4) is 0 Å². The molecule has 1 aromatic heterocycles. The summed E-state index contributed by atoms with van der Waals surface area (Å²) < 4.78 is 0.957. The molecule has 3 N–H and O–H groups in total. The van der Waals surface area contributed by atoms with E-state index in [1.807, 2.05) is 12.1 Å². The summed E-state index contributed by atoms with van der Waals surface area (Å²) in [7, 11) is 1.74. The molecule has 0 saturated heterocycles. The van der Waals surface area contributed by atoms with E-state index < -0.39 is 0 Å². The number of aliphatic imine (C=N–C) groups is 1. The van der Waals surface area contributed by atoms with E-state index in [1.54, 1.807) is 30.5 Å². The van der Waals surface area contributed by atoms with Crippen LogP contribution in [0.1, 0.15) is 15.2 Å². The molecule has 0 fully saturated rings. The molecule has 1 heterocycles. The number of guanidine groups is 1. The van der Waals surface area contributed by atoms with Gasteiger partial charge >= 0.3 is 0 Å². The third-order valence-electron chi connectivity index (χ3n) is 3.28. The van der Waals surface area contributed by atoms with Gasteiger partial charge in [0.1, 0.15) is 0 Å². The fraction of sp³-hybridized carbons (Fsp3) is 0.294. The molecule has 0 saturated carbocycles. The van der Waals surface area contributed by atoms with Crippen molar-refractivity contribution in [1.29, 1.82) is 0 Å². The van der Waals surface area contributed by atoms with Crippen molar-refractivity contribution < 1.29 is 4.79 Å². The minimum absolute atomic E-state index is 0.0788. The van der Waals surface area contributed by atoms with Crippen LogP contribution in [0.5, 0.6) is 0 Å². The minimum atomic E-state index is -0.0788. The smallest absolute Gasteiger partial charge is 0.251 e. The lowest BCUT2D eigenvalue weighted by molar-refractivity contribution is 0.0954. The van der Waals surface area contributed by atoms with Crippen LogP contribution < -0.4 is 16.0 Å². The third-order valence-corrected chi connectivity index (χ3v) is 4.74. The van der Waals surface area contributed by atoms with Crippen LogP contribution in [0.15, 0.2) is 51.2 Å². The fourth-order valence-electron chi connectivity index (χ4n) is 2.04. The minimum Gasteiger partial charge on any atom is -0.356 e. The molecule has 0 aliphatic carbocycles. The van der Waals surface area contributed by atoms with Crippen LogP contribution in [-0.4, -0.2) is 38.5 Å². The second-order valence-electron chi connectivity index (χ2n) is 5.02. The molecule has 0 unspecified atom stereocenters. The Bertz CT molecular complexity index is 656. The molecule has 0 radical (unpaired) electrons. The summed E-state index contributed by atoms with van der Waals surface area (Å²) in [5, 5.41) is 11.4. The number of benzene rings is 1. The highest BCUT2D eigenvalue weighted by Gasteiger charge is 2.04. The zero-order valence-corrected chi connectivity index (χ0v) is 15.9. The van der Waals surface area contributed by atoms with E-state index in [0.717, 1.165) is 23.4 Å². The van der Waals surface area contributed by atoms with Crippen molar-refractivity contribution in [1.82, 2.24) is 16.0 Å². The first-order chi connectivity index (χ1) is 11.7. The van der Waals surface area contributed by atoms with E-state index in [1.165, 1.54) is 4.88 Å². The highest BCUT2D eigenvalue weighted by Crippen LogP contribution is 2.10. The molecule has 0 atom stereocenters. The maximum atomic E-state index is 12.0. The maximum absolute atomic E-state index is 12.0. The summed E-state index contributed by atoms with van der Waals surface area (Å²) >= 11 is 5.11. The predicted octanol–water partition coefficient (Wildman–Crippen LogP) is 2.65.